The highest BCUT2D eigenvalue weighted by atomic mass is 16.5. The van der Waals surface area contributed by atoms with Gasteiger partial charge in [0.15, 0.2) is 0 Å². The first-order chi connectivity index (χ1) is 19.0. The van der Waals surface area contributed by atoms with Crippen LogP contribution in [0.2, 0.25) is 0 Å². The van der Waals surface area contributed by atoms with E-state index in [0.717, 1.165) is 33.1 Å². The van der Waals surface area contributed by atoms with Gasteiger partial charge < -0.3 is 15.2 Å². The lowest BCUT2D eigenvalue weighted by Gasteiger charge is -2.15. The van der Waals surface area contributed by atoms with E-state index in [9.17, 15) is 14.7 Å². The van der Waals surface area contributed by atoms with Gasteiger partial charge in [-0.15, -0.1) is 0 Å². The van der Waals surface area contributed by atoms with E-state index in [0.29, 0.717) is 11.4 Å². The number of carbonyl (C=O) groups is 2. The van der Waals surface area contributed by atoms with Crippen molar-refractivity contribution >= 4 is 39.5 Å². The molecule has 8 nitrogen and oxygen atoms in total. The molecule has 2 N–H and O–H groups in total. The molecule has 1 amide bonds. The molecule has 0 unspecified atom stereocenters. The van der Waals surface area contributed by atoms with Crippen LogP contribution in [0.15, 0.2) is 97.1 Å². The number of rotatable bonds is 6. The number of phenols is 1. The van der Waals surface area contributed by atoms with Crippen molar-refractivity contribution < 1.29 is 19.4 Å². The third kappa shape index (κ3) is 4.53. The Balaban J connectivity index is 1.34. The quantitative estimate of drug-likeness (QED) is 0.292. The molecule has 8 heteroatoms. The number of ether oxygens (including phenoxy) is 1. The Bertz CT molecular complexity index is 1860. The summed E-state index contributed by atoms with van der Waals surface area (Å²) in [6.45, 7) is 1.64. The van der Waals surface area contributed by atoms with Crippen LogP contribution in [0.5, 0.6) is 5.75 Å². The average Bonchev–Trinajstić information content (AvgIpc) is 3.36. The van der Waals surface area contributed by atoms with Gasteiger partial charge in [-0.25, -0.2) is 14.8 Å². The van der Waals surface area contributed by atoms with Crippen LogP contribution in [-0.2, 0) is 16.1 Å². The number of para-hydroxylation sites is 3. The van der Waals surface area contributed by atoms with Gasteiger partial charge in [0, 0.05) is 10.9 Å². The Morgan fingerprint density at radius 1 is 0.897 bits per heavy atom. The van der Waals surface area contributed by atoms with E-state index in [1.54, 1.807) is 12.1 Å². The minimum atomic E-state index is -0.924. The summed E-state index contributed by atoms with van der Waals surface area (Å²) in [4.78, 5) is 35.4. The van der Waals surface area contributed by atoms with Crippen LogP contribution in [-0.4, -0.2) is 37.4 Å². The summed E-state index contributed by atoms with van der Waals surface area (Å²) in [5, 5.41) is 14.1. The lowest BCUT2D eigenvalue weighted by molar-refractivity contribution is -0.146. The number of aromatic hydroxyl groups is 1. The number of esters is 1. The molecule has 6 aromatic rings. The normalized spacial score (nSPS) is 12.0. The molecule has 0 saturated carbocycles. The number of hydrogen-bond donors (Lipinski definition) is 2. The zero-order valence-electron chi connectivity index (χ0n) is 21.0. The van der Waals surface area contributed by atoms with Gasteiger partial charge in [-0.1, -0.05) is 54.6 Å². The molecule has 0 aliphatic heterocycles. The van der Waals surface area contributed by atoms with Crippen molar-refractivity contribution in [3.05, 3.63) is 108 Å². The average molecular weight is 517 g/mol. The van der Waals surface area contributed by atoms with E-state index < -0.39 is 17.9 Å². The third-order valence-electron chi connectivity index (χ3n) is 6.57. The Morgan fingerprint density at radius 3 is 2.44 bits per heavy atom. The first kappa shape index (κ1) is 24.1. The number of nitrogens with zero attached hydrogens (tertiary/aromatic N) is 3. The van der Waals surface area contributed by atoms with Crippen molar-refractivity contribution in [3.63, 3.8) is 0 Å². The van der Waals surface area contributed by atoms with E-state index in [4.69, 9.17) is 14.7 Å². The molecule has 4 aromatic carbocycles. The molecular weight excluding hydrogens is 492 g/mol. The molecule has 2 aromatic heterocycles. The fourth-order valence-electron chi connectivity index (χ4n) is 4.58. The lowest BCUT2D eigenvalue weighted by Crippen LogP contribution is -2.39. The van der Waals surface area contributed by atoms with E-state index in [-0.39, 0.29) is 17.9 Å². The van der Waals surface area contributed by atoms with Crippen LogP contribution in [0.4, 0.5) is 0 Å². The molecule has 0 bridgehead atoms. The molecule has 0 aliphatic carbocycles. The highest BCUT2D eigenvalue weighted by Crippen LogP contribution is 2.31. The van der Waals surface area contributed by atoms with E-state index in [1.165, 1.54) is 13.0 Å². The Kier molecular flexibility index (Phi) is 6.13. The van der Waals surface area contributed by atoms with Gasteiger partial charge in [0.25, 0.3) is 5.91 Å². The van der Waals surface area contributed by atoms with Gasteiger partial charge in [0.2, 0.25) is 0 Å². The third-order valence-corrected chi connectivity index (χ3v) is 6.57. The standard InChI is InChI=1S/C31H24N4O4/c1-19(31(38)39-18-20-9-3-2-4-10-20)32-30(37)23-17-21(15-16-27(23)36)28-33-24-12-6-5-11-22(24)29-34-25-13-7-8-14-26(25)35(28)29/h2-17,19,36H,18H2,1H3,(H,32,37)/t19-/m0/s1. The van der Waals surface area contributed by atoms with Crippen LogP contribution >= 0.6 is 0 Å². The van der Waals surface area contributed by atoms with Crippen LogP contribution in [0.3, 0.4) is 0 Å². The van der Waals surface area contributed by atoms with E-state index >= 15 is 0 Å². The minimum Gasteiger partial charge on any atom is -0.507 e. The fourth-order valence-corrected chi connectivity index (χ4v) is 4.58. The lowest BCUT2D eigenvalue weighted by atomic mass is 10.1. The second-order valence-corrected chi connectivity index (χ2v) is 9.23. The molecule has 0 saturated heterocycles. The van der Waals surface area contributed by atoms with Crippen LogP contribution in [0.25, 0.3) is 39.0 Å². The second kappa shape index (κ2) is 9.90. The number of nitrogens with one attached hydrogen (secondary N) is 1. The Morgan fingerprint density at radius 2 is 1.62 bits per heavy atom. The van der Waals surface area contributed by atoms with Crippen molar-refractivity contribution in [3.8, 4) is 17.1 Å². The van der Waals surface area contributed by atoms with Crippen molar-refractivity contribution in [1.29, 1.82) is 0 Å². The van der Waals surface area contributed by atoms with Crippen molar-refractivity contribution in [2.45, 2.75) is 19.6 Å². The van der Waals surface area contributed by atoms with Gasteiger partial charge in [0.1, 0.15) is 29.9 Å². The number of aromatic nitrogens is 3. The first-order valence-electron chi connectivity index (χ1n) is 12.5. The van der Waals surface area contributed by atoms with Crippen LogP contribution < -0.4 is 5.32 Å². The van der Waals surface area contributed by atoms with E-state index in [1.807, 2.05) is 83.3 Å². The minimum absolute atomic E-state index is 0.0164. The predicted molar refractivity (Wildman–Crippen MR) is 148 cm³/mol. The summed E-state index contributed by atoms with van der Waals surface area (Å²) in [6, 6.07) is 28.6. The molecule has 0 aliphatic rings. The molecule has 6 rings (SSSR count). The molecule has 39 heavy (non-hydrogen) atoms. The maximum atomic E-state index is 13.2. The monoisotopic (exact) mass is 516 g/mol. The second-order valence-electron chi connectivity index (χ2n) is 9.23. The molecular formula is C31H24N4O4. The Hall–Kier alpha value is -5.24. The summed E-state index contributed by atoms with van der Waals surface area (Å²) in [7, 11) is 0. The molecule has 0 spiro atoms. The number of imidazole rings is 1. The van der Waals surface area contributed by atoms with Crippen LogP contribution in [0.1, 0.15) is 22.8 Å². The number of hydrogen-bond acceptors (Lipinski definition) is 6. The van der Waals surface area contributed by atoms with Gasteiger partial charge in [-0.2, -0.15) is 0 Å². The summed E-state index contributed by atoms with van der Waals surface area (Å²) in [6.07, 6.45) is 0. The van der Waals surface area contributed by atoms with E-state index in [2.05, 4.69) is 5.32 Å². The number of phenolic OH excluding ortho intramolecular Hbond substituents is 1. The molecule has 2 heterocycles. The summed E-state index contributed by atoms with van der Waals surface area (Å²) in [5.41, 5.74) is 4.65. The number of carbonyl (C=O) groups excluding carboxylic acids is 2. The molecule has 0 fully saturated rings. The number of amides is 1. The van der Waals surface area contributed by atoms with Gasteiger partial charge in [-0.3, -0.25) is 9.20 Å². The van der Waals surface area contributed by atoms with Crippen LogP contribution in [0, 0.1) is 0 Å². The fraction of sp³-hybridized carbons (Fsp3) is 0.0968. The summed E-state index contributed by atoms with van der Waals surface area (Å²) < 4.78 is 7.29. The Labute approximate surface area is 223 Å². The zero-order valence-corrected chi connectivity index (χ0v) is 21.0. The maximum absolute atomic E-state index is 13.2. The van der Waals surface area contributed by atoms with Crippen molar-refractivity contribution in [2.75, 3.05) is 0 Å². The summed E-state index contributed by atoms with van der Waals surface area (Å²) >= 11 is 0. The van der Waals surface area contributed by atoms with Gasteiger partial charge in [-0.05, 0) is 55.0 Å². The number of fused-ring (bicyclic) bond motifs is 5. The largest absolute Gasteiger partial charge is 0.507 e. The highest BCUT2D eigenvalue weighted by Gasteiger charge is 2.22. The topological polar surface area (TPSA) is 106 Å². The molecule has 192 valence electrons. The first-order valence-corrected chi connectivity index (χ1v) is 12.5. The maximum Gasteiger partial charge on any atom is 0.328 e. The summed E-state index contributed by atoms with van der Waals surface area (Å²) in [5.74, 6) is -0.827. The van der Waals surface area contributed by atoms with Gasteiger partial charge in [0.05, 0.1) is 22.1 Å². The number of benzene rings is 4. The predicted octanol–water partition coefficient (Wildman–Crippen LogP) is 5.27. The SMILES string of the molecule is C[C@H](NC(=O)c1cc(-c2nc3ccccc3c3nc4ccccc4n23)ccc1O)C(=O)OCc1ccccc1. The smallest absolute Gasteiger partial charge is 0.328 e. The van der Waals surface area contributed by atoms with Crippen molar-refractivity contribution in [1.82, 2.24) is 19.7 Å². The zero-order chi connectivity index (χ0) is 26.9. The van der Waals surface area contributed by atoms with Gasteiger partial charge >= 0.3 is 5.97 Å². The van der Waals surface area contributed by atoms with Crippen molar-refractivity contribution in [2.24, 2.45) is 0 Å². The molecule has 1 atom stereocenters. The molecule has 0 radical (unpaired) electrons. The highest BCUT2D eigenvalue weighted by molar-refractivity contribution is 6.01.